The van der Waals surface area contributed by atoms with Gasteiger partial charge in [-0.1, -0.05) is 42.5 Å². The molecule has 0 spiro atoms. The van der Waals surface area contributed by atoms with Crippen LogP contribution in [0.5, 0.6) is 0 Å². The van der Waals surface area contributed by atoms with E-state index in [1.165, 1.54) is 28.9 Å². The van der Waals surface area contributed by atoms with E-state index in [4.69, 9.17) is 0 Å². The van der Waals surface area contributed by atoms with E-state index < -0.39 is 27.0 Å². The van der Waals surface area contributed by atoms with E-state index in [0.717, 1.165) is 22.4 Å². The molecule has 0 aliphatic heterocycles. The quantitative estimate of drug-likeness (QED) is 0.228. The lowest BCUT2D eigenvalue weighted by Crippen LogP contribution is -2.04. The number of fused-ring (bicyclic) bond motifs is 1. The lowest BCUT2D eigenvalue weighted by atomic mass is 10.0. The highest BCUT2D eigenvalue weighted by molar-refractivity contribution is 5.96. The van der Waals surface area contributed by atoms with E-state index >= 15 is 0 Å². The fourth-order valence-electron chi connectivity index (χ4n) is 3.92. The zero-order valence-corrected chi connectivity index (χ0v) is 17.5. The van der Waals surface area contributed by atoms with Gasteiger partial charge in [0.05, 0.1) is 27.3 Å². The van der Waals surface area contributed by atoms with Gasteiger partial charge in [0.25, 0.3) is 5.69 Å². The smallest absolute Gasteiger partial charge is 0.258 e. The van der Waals surface area contributed by atoms with Crippen LogP contribution in [0, 0.1) is 26.0 Å². The molecule has 8 nitrogen and oxygen atoms in total. The maximum Gasteiger partial charge on any atom is 0.301 e. The molecule has 0 saturated carbocycles. The summed E-state index contributed by atoms with van der Waals surface area (Å²) >= 11 is 0. The maximum atomic E-state index is 13.6. The number of rotatable bonds is 5. The molecule has 0 saturated heterocycles. The maximum absolute atomic E-state index is 13.6. The first-order valence-electron chi connectivity index (χ1n) is 10.2. The topological polar surface area (TPSA) is 104 Å². The summed E-state index contributed by atoms with van der Waals surface area (Å²) in [5.41, 5.74) is 1.59. The molecular weight excluding hydrogens is 439 g/mol. The van der Waals surface area contributed by atoms with Crippen LogP contribution in [0.15, 0.2) is 91.0 Å². The van der Waals surface area contributed by atoms with Crippen LogP contribution in [0.2, 0.25) is 0 Å². The number of aromatic nitrogens is 2. The van der Waals surface area contributed by atoms with Gasteiger partial charge in [0, 0.05) is 17.2 Å². The van der Waals surface area contributed by atoms with Crippen molar-refractivity contribution >= 4 is 22.1 Å². The molecule has 0 amide bonds. The number of halogens is 1. The lowest BCUT2D eigenvalue weighted by molar-refractivity contribution is -0.394. The summed E-state index contributed by atoms with van der Waals surface area (Å²) in [5, 5.41) is 29.6. The summed E-state index contributed by atoms with van der Waals surface area (Å²) in [7, 11) is 0. The zero-order chi connectivity index (χ0) is 23.8. The van der Waals surface area contributed by atoms with Crippen LogP contribution in [0.3, 0.4) is 0 Å². The highest BCUT2D eigenvalue weighted by Gasteiger charge is 2.24. The fraction of sp³-hybridized carbons (Fsp3) is 0. The van der Waals surface area contributed by atoms with Crippen molar-refractivity contribution in [3.05, 3.63) is 117 Å². The van der Waals surface area contributed by atoms with Crippen molar-refractivity contribution in [3.63, 3.8) is 0 Å². The van der Waals surface area contributed by atoms with Gasteiger partial charge < -0.3 is 0 Å². The zero-order valence-electron chi connectivity index (χ0n) is 17.5. The second-order valence-electron chi connectivity index (χ2n) is 7.55. The number of nitrogens with zero attached hydrogens (tertiary/aromatic N) is 4. The summed E-state index contributed by atoms with van der Waals surface area (Å²) in [5.74, 6) is -0.426. The Balaban J connectivity index is 1.79. The van der Waals surface area contributed by atoms with Gasteiger partial charge in [-0.15, -0.1) is 0 Å². The molecule has 9 heteroatoms. The van der Waals surface area contributed by atoms with Crippen LogP contribution in [0.4, 0.5) is 15.8 Å². The van der Waals surface area contributed by atoms with Gasteiger partial charge in [-0.2, -0.15) is 5.10 Å². The molecule has 0 aliphatic rings. The number of hydrogen-bond donors (Lipinski definition) is 0. The van der Waals surface area contributed by atoms with Crippen molar-refractivity contribution in [3.8, 4) is 28.2 Å². The molecular formula is C25H15FN4O4. The van der Waals surface area contributed by atoms with Crippen molar-refractivity contribution in [1.29, 1.82) is 0 Å². The van der Waals surface area contributed by atoms with Crippen molar-refractivity contribution < 1.29 is 14.2 Å². The summed E-state index contributed by atoms with van der Waals surface area (Å²) in [6.07, 6.45) is 0. The van der Waals surface area contributed by atoms with E-state index in [9.17, 15) is 24.6 Å². The fourth-order valence-corrected chi connectivity index (χ4v) is 3.92. The third-order valence-corrected chi connectivity index (χ3v) is 5.51. The first kappa shape index (κ1) is 21.0. The summed E-state index contributed by atoms with van der Waals surface area (Å²) in [6.45, 7) is 0. The lowest BCUT2D eigenvalue weighted by Gasteiger charge is -2.08. The first-order chi connectivity index (χ1) is 16.4. The van der Waals surface area contributed by atoms with Crippen molar-refractivity contribution in [2.45, 2.75) is 0 Å². The predicted octanol–water partition coefficient (Wildman–Crippen LogP) is 6.32. The third kappa shape index (κ3) is 3.65. The monoisotopic (exact) mass is 454 g/mol. The largest absolute Gasteiger partial charge is 0.301 e. The van der Waals surface area contributed by atoms with Gasteiger partial charge in [-0.05, 0) is 47.2 Å². The Hall–Kier alpha value is -4.92. The van der Waals surface area contributed by atoms with Crippen LogP contribution in [-0.4, -0.2) is 19.6 Å². The highest BCUT2D eigenvalue weighted by Crippen LogP contribution is 2.36. The Bertz CT molecular complexity index is 1570. The number of nitro groups is 2. The van der Waals surface area contributed by atoms with E-state index in [-0.39, 0.29) is 5.69 Å². The molecule has 4 aromatic carbocycles. The molecule has 0 bridgehead atoms. The second-order valence-corrected chi connectivity index (χ2v) is 7.55. The average Bonchev–Trinajstić information content (AvgIpc) is 3.28. The minimum atomic E-state index is -0.692. The number of nitro benzene ring substituents is 2. The number of non-ortho nitro benzene ring substituents is 1. The van der Waals surface area contributed by atoms with Crippen LogP contribution in [0.1, 0.15) is 0 Å². The van der Waals surface area contributed by atoms with Gasteiger partial charge in [-0.3, -0.25) is 20.2 Å². The summed E-state index contributed by atoms with van der Waals surface area (Å²) < 4.78 is 15.0. The Labute approximate surface area is 191 Å². The standard InChI is InChI=1S/C25H15FN4O4/c26-18-10-8-17(9-11-18)24-15-22(21-7-3-5-16-4-1-2-6-20(16)21)27-28(24)23-13-12-19(29(31)32)14-25(23)30(33)34/h1-15H. The summed E-state index contributed by atoms with van der Waals surface area (Å²) in [4.78, 5) is 21.6. The second kappa shape index (κ2) is 8.21. The van der Waals surface area contributed by atoms with E-state index in [1.54, 1.807) is 18.2 Å². The molecule has 0 unspecified atom stereocenters. The van der Waals surface area contributed by atoms with Gasteiger partial charge in [0.1, 0.15) is 11.5 Å². The normalized spacial score (nSPS) is 11.0. The van der Waals surface area contributed by atoms with E-state index in [0.29, 0.717) is 17.0 Å². The minimum absolute atomic E-state index is 0.0569. The molecule has 0 fully saturated rings. The molecule has 1 aromatic heterocycles. The molecule has 0 radical (unpaired) electrons. The van der Waals surface area contributed by atoms with Crippen LogP contribution < -0.4 is 0 Å². The van der Waals surface area contributed by atoms with Crippen molar-refractivity contribution in [1.82, 2.24) is 9.78 Å². The number of benzene rings is 4. The molecule has 34 heavy (non-hydrogen) atoms. The van der Waals surface area contributed by atoms with Gasteiger partial charge in [0.2, 0.25) is 0 Å². The molecule has 166 valence electrons. The molecule has 0 aliphatic carbocycles. The van der Waals surface area contributed by atoms with E-state index in [2.05, 4.69) is 5.10 Å². The van der Waals surface area contributed by atoms with Crippen molar-refractivity contribution in [2.24, 2.45) is 0 Å². The molecule has 5 rings (SSSR count). The minimum Gasteiger partial charge on any atom is -0.258 e. The predicted molar refractivity (Wildman–Crippen MR) is 125 cm³/mol. The first-order valence-corrected chi connectivity index (χ1v) is 10.2. The molecule has 5 aromatic rings. The van der Waals surface area contributed by atoms with Crippen molar-refractivity contribution in [2.75, 3.05) is 0 Å². The molecule has 0 N–H and O–H groups in total. The molecule has 1 heterocycles. The van der Waals surface area contributed by atoms with Gasteiger partial charge in [0.15, 0.2) is 0 Å². The highest BCUT2D eigenvalue weighted by atomic mass is 19.1. The van der Waals surface area contributed by atoms with Gasteiger partial charge in [-0.25, -0.2) is 9.07 Å². The van der Waals surface area contributed by atoms with E-state index in [1.807, 2.05) is 42.5 Å². The summed E-state index contributed by atoms with van der Waals surface area (Å²) in [6, 6.07) is 24.3. The SMILES string of the molecule is O=[N+]([O-])c1ccc(-n2nc(-c3cccc4ccccc34)cc2-c2ccc(F)cc2)c([N+](=O)[O-])c1. The average molecular weight is 454 g/mol. The van der Waals surface area contributed by atoms with Crippen LogP contribution >= 0.6 is 0 Å². The van der Waals surface area contributed by atoms with Crippen LogP contribution in [0.25, 0.3) is 39.0 Å². The Morgan fingerprint density at radius 1 is 0.794 bits per heavy atom. The number of hydrogen-bond acceptors (Lipinski definition) is 5. The Morgan fingerprint density at radius 2 is 1.53 bits per heavy atom. The third-order valence-electron chi connectivity index (χ3n) is 5.51. The Kier molecular flexibility index (Phi) is 5.06. The molecule has 0 atom stereocenters. The van der Waals surface area contributed by atoms with Crippen LogP contribution in [-0.2, 0) is 0 Å². The van der Waals surface area contributed by atoms with Gasteiger partial charge >= 0.3 is 5.69 Å². The Morgan fingerprint density at radius 3 is 2.26 bits per heavy atom.